The molecule has 0 spiro atoms. The van der Waals surface area contributed by atoms with Gasteiger partial charge >= 0.3 is 5.97 Å². The number of methoxy groups -OCH3 is 1. The lowest BCUT2D eigenvalue weighted by Gasteiger charge is -2.35. The molecule has 0 bridgehead atoms. The topological polar surface area (TPSA) is 46.5 Å². The van der Waals surface area contributed by atoms with E-state index in [1.165, 1.54) is 25.3 Å². The second-order valence-electron chi connectivity index (χ2n) is 5.75. The number of aliphatic carboxylic acids is 1. The molecule has 0 atom stereocenters. The van der Waals surface area contributed by atoms with Crippen molar-refractivity contribution in [1.29, 1.82) is 0 Å². The molecule has 1 aromatic rings. The lowest BCUT2D eigenvalue weighted by atomic mass is 9.68. The van der Waals surface area contributed by atoms with Crippen LogP contribution in [0.4, 0.5) is 8.78 Å². The fourth-order valence-corrected chi connectivity index (χ4v) is 3.11. The quantitative estimate of drug-likeness (QED) is 0.910. The maximum atomic E-state index is 13.6. The predicted molar refractivity (Wildman–Crippen MR) is 75.0 cm³/mol. The fourth-order valence-electron chi connectivity index (χ4n) is 3.11. The third-order valence-corrected chi connectivity index (χ3v) is 4.34. The van der Waals surface area contributed by atoms with E-state index < -0.39 is 17.3 Å². The summed E-state index contributed by atoms with van der Waals surface area (Å²) in [7, 11) is 1.43. The van der Waals surface area contributed by atoms with Crippen LogP contribution in [-0.2, 0) is 16.1 Å². The van der Waals surface area contributed by atoms with Crippen LogP contribution in [0.1, 0.15) is 50.2 Å². The van der Waals surface area contributed by atoms with Gasteiger partial charge in [0.2, 0.25) is 0 Å². The number of alkyl halides is 2. The van der Waals surface area contributed by atoms with Gasteiger partial charge in [-0.3, -0.25) is 4.79 Å². The van der Waals surface area contributed by atoms with Crippen molar-refractivity contribution in [2.45, 2.75) is 50.4 Å². The molecule has 21 heavy (non-hydrogen) atoms. The zero-order valence-electron chi connectivity index (χ0n) is 12.3. The molecule has 0 aliphatic heterocycles. The Morgan fingerprint density at radius 1 is 1.29 bits per heavy atom. The Balaban J connectivity index is 2.60. The van der Waals surface area contributed by atoms with Crippen LogP contribution in [0.25, 0.3) is 0 Å². The van der Waals surface area contributed by atoms with Crippen LogP contribution < -0.4 is 4.74 Å². The van der Waals surface area contributed by atoms with Gasteiger partial charge in [0.15, 0.2) is 0 Å². The molecule has 116 valence electrons. The number of carboxylic acid groups (broad SMARTS) is 1. The number of halogens is 2. The van der Waals surface area contributed by atoms with E-state index in [9.17, 15) is 18.7 Å². The maximum absolute atomic E-state index is 13.6. The molecule has 0 aromatic heterocycles. The van der Waals surface area contributed by atoms with Crippen LogP contribution in [0.15, 0.2) is 18.2 Å². The highest BCUT2D eigenvalue weighted by molar-refractivity contribution is 5.82. The summed E-state index contributed by atoms with van der Waals surface area (Å²) >= 11 is 0. The van der Waals surface area contributed by atoms with E-state index in [-0.39, 0.29) is 5.56 Å². The molecule has 0 radical (unpaired) electrons. The molecule has 0 unspecified atom stereocenters. The Kier molecular flexibility index (Phi) is 4.21. The minimum Gasteiger partial charge on any atom is -0.496 e. The summed E-state index contributed by atoms with van der Waals surface area (Å²) in [5.41, 5.74) is -0.925. The first-order chi connectivity index (χ1) is 9.81. The van der Waals surface area contributed by atoms with Crippen molar-refractivity contribution in [3.8, 4) is 5.75 Å². The first-order valence-electron chi connectivity index (χ1n) is 7.11. The van der Waals surface area contributed by atoms with Gasteiger partial charge < -0.3 is 9.84 Å². The lowest BCUT2D eigenvalue weighted by Crippen LogP contribution is -2.38. The molecule has 0 amide bonds. The van der Waals surface area contributed by atoms with E-state index in [4.69, 9.17) is 4.74 Å². The number of benzene rings is 1. The van der Waals surface area contributed by atoms with Crippen LogP contribution >= 0.6 is 0 Å². The predicted octanol–water partition coefficient (Wildman–Crippen LogP) is 4.09. The number of carboxylic acids is 1. The lowest BCUT2D eigenvalue weighted by molar-refractivity contribution is -0.145. The van der Waals surface area contributed by atoms with Crippen LogP contribution in [-0.4, -0.2) is 18.2 Å². The monoisotopic (exact) mass is 298 g/mol. The van der Waals surface area contributed by atoms with E-state index in [1.54, 1.807) is 0 Å². The van der Waals surface area contributed by atoms with Crippen molar-refractivity contribution in [3.05, 3.63) is 29.3 Å². The Bertz CT molecular complexity index is 529. The van der Waals surface area contributed by atoms with Gasteiger partial charge in [-0.1, -0.05) is 19.3 Å². The second kappa shape index (κ2) is 5.62. The van der Waals surface area contributed by atoms with Crippen molar-refractivity contribution in [2.75, 3.05) is 7.11 Å². The Morgan fingerprint density at radius 2 is 1.90 bits per heavy atom. The molecular formula is C16H20F2O3. The third kappa shape index (κ3) is 2.87. The molecular weight excluding hydrogens is 278 g/mol. The smallest absolute Gasteiger partial charge is 0.314 e. The van der Waals surface area contributed by atoms with Gasteiger partial charge in [-0.05, 0) is 31.0 Å². The first kappa shape index (κ1) is 15.7. The van der Waals surface area contributed by atoms with Gasteiger partial charge in [0.05, 0.1) is 12.5 Å². The molecule has 0 heterocycles. The van der Waals surface area contributed by atoms with E-state index in [1.807, 2.05) is 0 Å². The standard InChI is InChI=1S/C16H20F2O3/c1-15(17,18)11-6-7-13(21-2)12(10-11)16(14(19)20)8-4-3-5-9-16/h6-7,10H,3-5,8-9H2,1-2H3,(H,19,20). The molecule has 1 aliphatic rings. The highest BCUT2D eigenvalue weighted by atomic mass is 19.3. The second-order valence-corrected chi connectivity index (χ2v) is 5.75. The summed E-state index contributed by atoms with van der Waals surface area (Å²) < 4.78 is 32.4. The summed E-state index contributed by atoms with van der Waals surface area (Å²) in [6, 6.07) is 4.04. The molecule has 2 rings (SSSR count). The zero-order chi connectivity index (χ0) is 15.7. The van der Waals surface area contributed by atoms with E-state index in [0.29, 0.717) is 24.2 Å². The summed E-state index contributed by atoms with van der Waals surface area (Å²) in [6.07, 6.45) is 3.44. The number of ether oxygens (including phenoxy) is 1. The Morgan fingerprint density at radius 3 is 2.38 bits per heavy atom. The van der Waals surface area contributed by atoms with Gasteiger partial charge in [0.1, 0.15) is 5.75 Å². The van der Waals surface area contributed by atoms with Crippen molar-refractivity contribution >= 4 is 5.97 Å². The van der Waals surface area contributed by atoms with Crippen LogP contribution in [0, 0.1) is 0 Å². The SMILES string of the molecule is COc1ccc(C(C)(F)F)cc1C1(C(=O)O)CCCCC1. The van der Waals surface area contributed by atoms with Crippen LogP contribution in [0.5, 0.6) is 5.75 Å². The van der Waals surface area contributed by atoms with Gasteiger partial charge in [-0.15, -0.1) is 0 Å². The third-order valence-electron chi connectivity index (χ3n) is 4.34. The van der Waals surface area contributed by atoms with Crippen molar-refractivity contribution in [3.63, 3.8) is 0 Å². The molecule has 1 aliphatic carbocycles. The average Bonchev–Trinajstić information content (AvgIpc) is 2.46. The van der Waals surface area contributed by atoms with Gasteiger partial charge in [0.25, 0.3) is 5.92 Å². The zero-order valence-corrected chi connectivity index (χ0v) is 12.3. The van der Waals surface area contributed by atoms with Crippen molar-refractivity contribution < 1.29 is 23.4 Å². The number of carbonyl (C=O) groups is 1. The molecule has 3 nitrogen and oxygen atoms in total. The van der Waals surface area contributed by atoms with E-state index in [0.717, 1.165) is 26.2 Å². The summed E-state index contributed by atoms with van der Waals surface area (Å²) in [6.45, 7) is 0.812. The molecule has 0 saturated heterocycles. The molecule has 1 saturated carbocycles. The van der Waals surface area contributed by atoms with Crippen LogP contribution in [0.3, 0.4) is 0 Å². The summed E-state index contributed by atoms with van der Waals surface area (Å²) in [5.74, 6) is -3.60. The van der Waals surface area contributed by atoms with Crippen molar-refractivity contribution in [1.82, 2.24) is 0 Å². The molecule has 5 heteroatoms. The number of hydrogen-bond acceptors (Lipinski definition) is 2. The van der Waals surface area contributed by atoms with Gasteiger partial charge in [-0.25, -0.2) is 8.78 Å². The normalized spacial score (nSPS) is 18.3. The Hall–Kier alpha value is -1.65. The van der Waals surface area contributed by atoms with Gasteiger partial charge in [-0.2, -0.15) is 0 Å². The highest BCUT2D eigenvalue weighted by Gasteiger charge is 2.44. The van der Waals surface area contributed by atoms with Gasteiger partial charge in [0, 0.05) is 18.1 Å². The summed E-state index contributed by atoms with van der Waals surface area (Å²) in [4.78, 5) is 11.9. The summed E-state index contributed by atoms with van der Waals surface area (Å²) in [5, 5.41) is 9.71. The first-order valence-corrected chi connectivity index (χ1v) is 7.11. The maximum Gasteiger partial charge on any atom is 0.314 e. The van der Waals surface area contributed by atoms with E-state index in [2.05, 4.69) is 0 Å². The largest absolute Gasteiger partial charge is 0.496 e. The van der Waals surface area contributed by atoms with E-state index >= 15 is 0 Å². The number of rotatable bonds is 4. The van der Waals surface area contributed by atoms with Crippen molar-refractivity contribution in [2.24, 2.45) is 0 Å². The Labute approximate surface area is 122 Å². The molecule has 1 aromatic carbocycles. The minimum atomic E-state index is -3.00. The number of hydrogen-bond donors (Lipinski definition) is 1. The molecule has 1 fully saturated rings. The average molecular weight is 298 g/mol. The fraction of sp³-hybridized carbons (Fsp3) is 0.562. The van der Waals surface area contributed by atoms with Crippen LogP contribution in [0.2, 0.25) is 0 Å². The molecule has 1 N–H and O–H groups in total. The minimum absolute atomic E-state index is 0.176. The highest BCUT2D eigenvalue weighted by Crippen LogP contribution is 2.45.